The highest BCUT2D eigenvalue weighted by Crippen LogP contribution is 2.18. The van der Waals surface area contributed by atoms with Crippen molar-refractivity contribution >= 4 is 11.9 Å². The van der Waals surface area contributed by atoms with Crippen molar-refractivity contribution < 1.29 is 19.6 Å². The van der Waals surface area contributed by atoms with Crippen molar-refractivity contribution in [3.63, 3.8) is 0 Å². The lowest BCUT2D eigenvalue weighted by Crippen LogP contribution is -2.85. The fourth-order valence-corrected chi connectivity index (χ4v) is 3.16. The predicted octanol–water partition coefficient (Wildman–Crippen LogP) is 1.50. The van der Waals surface area contributed by atoms with Crippen LogP contribution in [0.2, 0.25) is 0 Å². The maximum atomic E-state index is 12.4. The molecule has 2 atom stereocenters. The van der Waals surface area contributed by atoms with Crippen LogP contribution in [0.1, 0.15) is 44.7 Å². The number of ether oxygens (including phenoxy) is 1. The molecule has 0 bridgehead atoms. The molecule has 1 heterocycles. The van der Waals surface area contributed by atoms with Crippen LogP contribution in [0.4, 0.5) is 0 Å². The van der Waals surface area contributed by atoms with E-state index in [0.717, 1.165) is 25.9 Å². The molecule has 24 heavy (non-hydrogen) atoms. The maximum Gasteiger partial charge on any atom is 0.310 e. The summed E-state index contributed by atoms with van der Waals surface area (Å²) in [4.78, 5) is 26.1. The molecule has 5 heteroatoms. The van der Waals surface area contributed by atoms with E-state index in [4.69, 9.17) is 4.74 Å². The van der Waals surface area contributed by atoms with Gasteiger partial charge in [-0.2, -0.15) is 0 Å². The lowest BCUT2D eigenvalue weighted by Gasteiger charge is -2.31. The Morgan fingerprint density at radius 3 is 2.79 bits per heavy atom. The van der Waals surface area contributed by atoms with Gasteiger partial charge in [-0.05, 0) is 26.7 Å². The molecule has 0 radical (unpaired) electrons. The van der Waals surface area contributed by atoms with E-state index in [2.05, 4.69) is 24.4 Å². The molecule has 1 fully saturated rings. The molecule has 1 amide bonds. The number of nitrogens with zero attached hydrogens (tertiary/aromatic N) is 1. The van der Waals surface area contributed by atoms with Crippen LogP contribution < -0.4 is 5.32 Å². The molecule has 0 unspecified atom stereocenters. The second-order valence-electron chi connectivity index (χ2n) is 6.40. The number of benzene rings is 1. The normalized spacial score (nSPS) is 18.9. The Bertz CT molecular complexity index is 533. The SMILES string of the molecule is CCOC(=O)[C@@H]1CCCN(C(=O)CC[NH2+][C@H](C)c2ccccc2)C1. The Kier molecular flexibility index (Phi) is 7.25. The van der Waals surface area contributed by atoms with Gasteiger partial charge in [0.1, 0.15) is 6.04 Å². The summed E-state index contributed by atoms with van der Waals surface area (Å²) in [6, 6.07) is 10.6. The van der Waals surface area contributed by atoms with Crippen LogP contribution in [0.25, 0.3) is 0 Å². The molecule has 1 saturated heterocycles. The number of hydrogen-bond acceptors (Lipinski definition) is 3. The maximum absolute atomic E-state index is 12.4. The first-order valence-corrected chi connectivity index (χ1v) is 8.94. The second kappa shape index (κ2) is 9.42. The molecule has 1 aromatic carbocycles. The molecule has 0 saturated carbocycles. The third kappa shape index (κ3) is 5.34. The largest absolute Gasteiger partial charge is 0.466 e. The lowest BCUT2D eigenvalue weighted by molar-refractivity contribution is -0.691. The van der Waals surface area contributed by atoms with E-state index in [0.29, 0.717) is 25.6 Å². The van der Waals surface area contributed by atoms with Gasteiger partial charge in [-0.25, -0.2) is 0 Å². The summed E-state index contributed by atoms with van der Waals surface area (Å²) in [6.07, 6.45) is 2.20. The number of amides is 1. The lowest BCUT2D eigenvalue weighted by atomic mass is 9.98. The summed E-state index contributed by atoms with van der Waals surface area (Å²) < 4.78 is 5.09. The van der Waals surface area contributed by atoms with Gasteiger partial charge in [0.15, 0.2) is 0 Å². The highest BCUT2D eigenvalue weighted by Gasteiger charge is 2.29. The number of nitrogens with two attached hydrogens (primary N) is 1. The Labute approximate surface area is 144 Å². The number of likely N-dealkylation sites (tertiary alicyclic amines) is 1. The van der Waals surface area contributed by atoms with Crippen LogP contribution in [-0.2, 0) is 14.3 Å². The Balaban J connectivity index is 1.75. The Hall–Kier alpha value is -1.88. The number of carbonyl (C=O) groups excluding carboxylic acids is 2. The average molecular weight is 333 g/mol. The summed E-state index contributed by atoms with van der Waals surface area (Å²) in [5, 5.41) is 2.19. The van der Waals surface area contributed by atoms with Crippen molar-refractivity contribution in [3.05, 3.63) is 35.9 Å². The molecular formula is C19H29N2O3+. The minimum atomic E-state index is -0.167. The first kappa shape index (κ1) is 18.5. The van der Waals surface area contributed by atoms with Gasteiger partial charge in [0.05, 0.1) is 25.5 Å². The van der Waals surface area contributed by atoms with Gasteiger partial charge >= 0.3 is 5.97 Å². The van der Waals surface area contributed by atoms with E-state index in [1.54, 1.807) is 0 Å². The van der Waals surface area contributed by atoms with Crippen molar-refractivity contribution in [3.8, 4) is 0 Å². The number of piperidine rings is 1. The molecule has 5 nitrogen and oxygen atoms in total. The minimum Gasteiger partial charge on any atom is -0.466 e. The molecule has 0 aromatic heterocycles. The average Bonchev–Trinajstić information content (AvgIpc) is 2.62. The van der Waals surface area contributed by atoms with E-state index in [-0.39, 0.29) is 17.8 Å². The molecule has 2 N–H and O–H groups in total. The van der Waals surface area contributed by atoms with Crippen molar-refractivity contribution in [1.29, 1.82) is 0 Å². The number of quaternary nitrogens is 1. The fraction of sp³-hybridized carbons (Fsp3) is 0.579. The van der Waals surface area contributed by atoms with Crippen LogP contribution in [0.3, 0.4) is 0 Å². The molecule has 1 aliphatic rings. The molecule has 0 spiro atoms. The van der Waals surface area contributed by atoms with Crippen LogP contribution in [-0.4, -0.2) is 43.0 Å². The first-order valence-electron chi connectivity index (χ1n) is 8.94. The molecule has 2 rings (SSSR count). The van der Waals surface area contributed by atoms with E-state index < -0.39 is 0 Å². The first-order chi connectivity index (χ1) is 11.6. The number of carbonyl (C=O) groups is 2. The second-order valence-corrected chi connectivity index (χ2v) is 6.40. The summed E-state index contributed by atoms with van der Waals surface area (Å²) in [7, 11) is 0. The highest BCUT2D eigenvalue weighted by atomic mass is 16.5. The Morgan fingerprint density at radius 2 is 2.08 bits per heavy atom. The van der Waals surface area contributed by atoms with Crippen LogP contribution >= 0.6 is 0 Å². The Morgan fingerprint density at radius 1 is 1.33 bits per heavy atom. The molecule has 132 valence electrons. The van der Waals surface area contributed by atoms with Gasteiger partial charge in [0.2, 0.25) is 5.91 Å². The monoisotopic (exact) mass is 333 g/mol. The molecule has 1 aliphatic heterocycles. The zero-order chi connectivity index (χ0) is 17.4. The van der Waals surface area contributed by atoms with Crippen molar-refractivity contribution in [2.45, 2.75) is 39.2 Å². The number of esters is 1. The topological polar surface area (TPSA) is 63.2 Å². The predicted molar refractivity (Wildman–Crippen MR) is 92.2 cm³/mol. The summed E-state index contributed by atoms with van der Waals surface area (Å²) in [6.45, 7) is 6.38. The molecule has 1 aromatic rings. The van der Waals surface area contributed by atoms with Gasteiger partial charge in [-0.3, -0.25) is 9.59 Å². The number of hydrogen-bond donors (Lipinski definition) is 1. The van der Waals surface area contributed by atoms with Gasteiger partial charge in [-0.15, -0.1) is 0 Å². The zero-order valence-electron chi connectivity index (χ0n) is 14.7. The highest BCUT2D eigenvalue weighted by molar-refractivity contribution is 5.78. The molecular weight excluding hydrogens is 304 g/mol. The van der Waals surface area contributed by atoms with Gasteiger partial charge < -0.3 is 15.0 Å². The zero-order valence-corrected chi connectivity index (χ0v) is 14.7. The van der Waals surface area contributed by atoms with Crippen LogP contribution in [0, 0.1) is 5.92 Å². The standard InChI is InChI=1S/C19H28N2O3/c1-3-24-19(23)17-10-7-13-21(14-17)18(22)11-12-20-15(2)16-8-5-4-6-9-16/h4-6,8-9,15,17,20H,3,7,10-14H2,1-2H3/p+1/t15-,17-/m1/s1. The quantitative estimate of drug-likeness (QED) is 0.769. The van der Waals surface area contributed by atoms with Crippen LogP contribution in [0.15, 0.2) is 30.3 Å². The summed E-state index contributed by atoms with van der Waals surface area (Å²) >= 11 is 0. The van der Waals surface area contributed by atoms with E-state index >= 15 is 0 Å². The fourth-order valence-electron chi connectivity index (χ4n) is 3.16. The van der Waals surface area contributed by atoms with Crippen molar-refractivity contribution in [1.82, 2.24) is 4.90 Å². The third-order valence-corrected chi connectivity index (χ3v) is 4.60. The van der Waals surface area contributed by atoms with Crippen molar-refractivity contribution in [2.24, 2.45) is 5.92 Å². The third-order valence-electron chi connectivity index (χ3n) is 4.60. The van der Waals surface area contributed by atoms with E-state index in [9.17, 15) is 9.59 Å². The summed E-state index contributed by atoms with van der Waals surface area (Å²) in [5.41, 5.74) is 1.27. The van der Waals surface area contributed by atoms with Gasteiger partial charge in [0.25, 0.3) is 0 Å². The molecule has 0 aliphatic carbocycles. The minimum absolute atomic E-state index is 0.139. The smallest absolute Gasteiger partial charge is 0.310 e. The van der Waals surface area contributed by atoms with E-state index in [1.165, 1.54) is 5.56 Å². The van der Waals surface area contributed by atoms with Crippen molar-refractivity contribution in [2.75, 3.05) is 26.2 Å². The van der Waals surface area contributed by atoms with Gasteiger partial charge in [-0.1, -0.05) is 30.3 Å². The van der Waals surface area contributed by atoms with E-state index in [1.807, 2.05) is 30.0 Å². The summed E-state index contributed by atoms with van der Waals surface area (Å²) in [5.74, 6) is -0.186. The number of rotatable bonds is 7. The van der Waals surface area contributed by atoms with Crippen LogP contribution in [0.5, 0.6) is 0 Å². The van der Waals surface area contributed by atoms with Gasteiger partial charge in [0, 0.05) is 18.7 Å².